The molecule has 28 heavy (non-hydrogen) atoms. The van der Waals surface area contributed by atoms with E-state index in [2.05, 4.69) is 19.2 Å². The Hall–Kier alpha value is -2.67. The number of aliphatic hydroxyl groups excluding tert-OH is 1. The molecule has 0 radical (unpaired) electrons. The van der Waals surface area contributed by atoms with Crippen LogP contribution in [-0.2, 0) is 16.0 Å². The summed E-state index contributed by atoms with van der Waals surface area (Å²) in [4.78, 5) is 28.9. The maximum atomic E-state index is 12.1. The van der Waals surface area contributed by atoms with Gasteiger partial charge in [0.2, 0.25) is 5.91 Å². The van der Waals surface area contributed by atoms with E-state index in [1.165, 1.54) is 10.5 Å². The molecule has 1 aliphatic heterocycles. The van der Waals surface area contributed by atoms with E-state index in [0.29, 0.717) is 18.0 Å². The first-order valence-corrected chi connectivity index (χ1v) is 9.76. The van der Waals surface area contributed by atoms with Gasteiger partial charge in [0.1, 0.15) is 25.2 Å². The number of unbranched alkanes of at least 4 members (excludes halogenated alkanes) is 2. The van der Waals surface area contributed by atoms with Gasteiger partial charge in [-0.1, -0.05) is 51.0 Å². The number of nitrogens with one attached hydrogen (secondary N) is 1. The van der Waals surface area contributed by atoms with Gasteiger partial charge in [-0.15, -0.1) is 0 Å². The Kier molecular flexibility index (Phi) is 8.19. The molecule has 7 nitrogen and oxygen atoms in total. The summed E-state index contributed by atoms with van der Waals surface area (Å²) in [6.07, 6.45) is 5.19. The molecule has 1 aliphatic rings. The maximum absolute atomic E-state index is 12.1. The van der Waals surface area contributed by atoms with Crippen LogP contribution in [-0.4, -0.2) is 52.1 Å². The second kappa shape index (κ2) is 10.6. The number of amidine groups is 1. The van der Waals surface area contributed by atoms with Gasteiger partial charge in [0.05, 0.1) is 5.70 Å². The van der Waals surface area contributed by atoms with Crippen LogP contribution in [0.1, 0.15) is 50.7 Å². The third-order valence-electron chi connectivity index (χ3n) is 4.62. The molecule has 0 bridgehead atoms. The Morgan fingerprint density at radius 2 is 1.89 bits per heavy atom. The molecular weight excluding hydrogens is 358 g/mol. The topological polar surface area (TPSA) is 102 Å². The molecule has 0 saturated heterocycles. The van der Waals surface area contributed by atoms with Gasteiger partial charge < -0.3 is 20.4 Å². The van der Waals surface area contributed by atoms with Gasteiger partial charge in [0.25, 0.3) is 0 Å². The van der Waals surface area contributed by atoms with Gasteiger partial charge in [-0.2, -0.15) is 0 Å². The molecule has 2 rings (SSSR count). The quantitative estimate of drug-likeness (QED) is 0.535. The van der Waals surface area contributed by atoms with E-state index in [-0.39, 0.29) is 6.54 Å². The summed E-state index contributed by atoms with van der Waals surface area (Å²) in [6.45, 7) is 3.61. The molecule has 0 spiro atoms. The number of aliphatic hydroxyl groups is 1. The van der Waals surface area contributed by atoms with E-state index in [4.69, 9.17) is 10.1 Å². The van der Waals surface area contributed by atoms with Crippen molar-refractivity contribution in [3.63, 3.8) is 0 Å². The second-order valence-electron chi connectivity index (χ2n) is 6.80. The SMILES string of the molecule is CCCCCC1=NC(c2ccc(CC)cc2)=CC(O)N1CC(=O)NCC(=O)O. The first kappa shape index (κ1) is 21.6. The van der Waals surface area contributed by atoms with Crippen LogP contribution < -0.4 is 5.32 Å². The van der Waals surface area contributed by atoms with Crippen LogP contribution in [0.3, 0.4) is 0 Å². The highest BCUT2D eigenvalue weighted by molar-refractivity contribution is 5.94. The highest BCUT2D eigenvalue weighted by Crippen LogP contribution is 2.25. The third-order valence-corrected chi connectivity index (χ3v) is 4.62. The zero-order chi connectivity index (χ0) is 20.5. The normalized spacial score (nSPS) is 16.4. The Labute approximate surface area is 165 Å². The van der Waals surface area contributed by atoms with Crippen LogP contribution in [0.4, 0.5) is 0 Å². The van der Waals surface area contributed by atoms with Crippen LogP contribution in [0.15, 0.2) is 35.3 Å². The number of carboxylic acids is 1. The van der Waals surface area contributed by atoms with Gasteiger partial charge in [-0.25, -0.2) is 4.99 Å². The number of benzene rings is 1. The van der Waals surface area contributed by atoms with Crippen LogP contribution in [0.2, 0.25) is 0 Å². The van der Waals surface area contributed by atoms with Crippen molar-refractivity contribution in [3.05, 3.63) is 41.5 Å². The number of aryl methyl sites for hydroxylation is 1. The van der Waals surface area contributed by atoms with Gasteiger partial charge in [-0.05, 0) is 24.5 Å². The average molecular weight is 387 g/mol. The predicted octanol–water partition coefficient (Wildman–Crippen LogP) is 2.40. The average Bonchev–Trinajstić information content (AvgIpc) is 2.68. The van der Waals surface area contributed by atoms with Crippen LogP contribution in [0.25, 0.3) is 5.70 Å². The number of carbonyl (C=O) groups is 2. The minimum absolute atomic E-state index is 0.141. The number of hydrogen-bond acceptors (Lipinski definition) is 5. The first-order valence-electron chi connectivity index (χ1n) is 9.76. The summed E-state index contributed by atoms with van der Waals surface area (Å²) in [7, 11) is 0. The number of nitrogens with zero attached hydrogens (tertiary/aromatic N) is 2. The van der Waals surface area contributed by atoms with Gasteiger partial charge >= 0.3 is 5.97 Å². The first-order chi connectivity index (χ1) is 13.4. The Balaban J connectivity index is 2.19. The smallest absolute Gasteiger partial charge is 0.322 e. The van der Waals surface area contributed by atoms with Crippen molar-refractivity contribution in [2.24, 2.45) is 4.99 Å². The highest BCUT2D eigenvalue weighted by atomic mass is 16.4. The summed E-state index contributed by atoms with van der Waals surface area (Å²) >= 11 is 0. The number of carbonyl (C=O) groups excluding carboxylic acids is 1. The van der Waals surface area contributed by atoms with E-state index in [1.807, 2.05) is 24.3 Å². The van der Waals surface area contributed by atoms with Crippen molar-refractivity contribution in [1.29, 1.82) is 0 Å². The van der Waals surface area contributed by atoms with Gasteiger partial charge in [0, 0.05) is 12.0 Å². The lowest BCUT2D eigenvalue weighted by molar-refractivity contribution is -0.138. The van der Waals surface area contributed by atoms with Crippen molar-refractivity contribution in [3.8, 4) is 0 Å². The standard InChI is InChI=1S/C21H29N3O4/c1-3-5-6-7-18-23-17(16-10-8-15(4-2)9-11-16)12-20(26)24(18)14-19(25)22-13-21(27)28/h8-12,20,26H,3-7,13-14H2,1-2H3,(H,22,25)(H,27,28). The molecule has 7 heteroatoms. The monoisotopic (exact) mass is 387 g/mol. The second-order valence-corrected chi connectivity index (χ2v) is 6.80. The molecule has 0 saturated carbocycles. The van der Waals surface area contributed by atoms with Crippen LogP contribution in [0, 0.1) is 0 Å². The number of hydrogen-bond donors (Lipinski definition) is 3. The van der Waals surface area contributed by atoms with Crippen molar-refractivity contribution in [1.82, 2.24) is 10.2 Å². The highest BCUT2D eigenvalue weighted by Gasteiger charge is 2.26. The molecule has 152 valence electrons. The molecule has 1 atom stereocenters. The summed E-state index contributed by atoms with van der Waals surface area (Å²) in [5, 5.41) is 21.7. The lowest BCUT2D eigenvalue weighted by Crippen LogP contribution is -2.47. The third kappa shape index (κ3) is 6.20. The fourth-order valence-corrected chi connectivity index (χ4v) is 3.00. The van der Waals surface area contributed by atoms with Crippen molar-refractivity contribution >= 4 is 23.4 Å². The summed E-state index contributed by atoms with van der Waals surface area (Å²) in [5.41, 5.74) is 2.83. The van der Waals surface area contributed by atoms with Gasteiger partial charge in [0.15, 0.2) is 0 Å². The molecule has 0 aromatic heterocycles. The zero-order valence-electron chi connectivity index (χ0n) is 16.5. The zero-order valence-corrected chi connectivity index (χ0v) is 16.5. The number of aliphatic carboxylic acids is 1. The van der Waals surface area contributed by atoms with Crippen molar-refractivity contribution in [2.75, 3.05) is 13.1 Å². The van der Waals surface area contributed by atoms with E-state index in [0.717, 1.165) is 31.2 Å². The van der Waals surface area contributed by atoms with E-state index >= 15 is 0 Å². The number of amides is 1. The van der Waals surface area contributed by atoms with Crippen molar-refractivity contribution < 1.29 is 19.8 Å². The molecular formula is C21H29N3O4. The van der Waals surface area contributed by atoms with E-state index in [9.17, 15) is 14.7 Å². The Morgan fingerprint density at radius 1 is 1.18 bits per heavy atom. The Bertz CT molecular complexity index is 741. The molecule has 0 aliphatic carbocycles. The maximum Gasteiger partial charge on any atom is 0.322 e. The van der Waals surface area contributed by atoms with Crippen LogP contribution >= 0.6 is 0 Å². The summed E-state index contributed by atoms with van der Waals surface area (Å²) in [5.74, 6) is -0.931. The fourth-order valence-electron chi connectivity index (χ4n) is 3.00. The van der Waals surface area contributed by atoms with Crippen molar-refractivity contribution in [2.45, 2.75) is 52.2 Å². The van der Waals surface area contributed by atoms with Crippen LogP contribution in [0.5, 0.6) is 0 Å². The summed E-state index contributed by atoms with van der Waals surface area (Å²) < 4.78 is 0. The largest absolute Gasteiger partial charge is 0.480 e. The number of rotatable bonds is 10. The molecule has 1 heterocycles. The fraction of sp³-hybridized carbons (Fsp3) is 0.476. The molecule has 0 fully saturated rings. The molecule has 1 aromatic rings. The number of aliphatic imine (C=N–C) groups is 1. The molecule has 1 amide bonds. The lowest BCUT2D eigenvalue weighted by atomic mass is 10.1. The predicted molar refractivity (Wildman–Crippen MR) is 109 cm³/mol. The minimum atomic E-state index is -1.11. The van der Waals surface area contributed by atoms with E-state index < -0.39 is 24.6 Å². The van der Waals surface area contributed by atoms with E-state index in [1.54, 1.807) is 6.08 Å². The molecule has 3 N–H and O–H groups in total. The number of carboxylic acid groups (broad SMARTS) is 1. The minimum Gasteiger partial charge on any atom is -0.480 e. The Morgan fingerprint density at radius 3 is 2.50 bits per heavy atom. The van der Waals surface area contributed by atoms with Gasteiger partial charge in [-0.3, -0.25) is 9.59 Å². The lowest BCUT2D eigenvalue weighted by Gasteiger charge is -2.32. The summed E-state index contributed by atoms with van der Waals surface area (Å²) in [6, 6.07) is 8.06. The molecule has 1 aromatic carbocycles. The molecule has 1 unspecified atom stereocenters.